The Hall–Kier alpha value is -2.83. The summed E-state index contributed by atoms with van der Waals surface area (Å²) in [6, 6.07) is 19.1. The topological polar surface area (TPSA) is 72.5 Å². The number of hydrogen-bond acceptors (Lipinski definition) is 4. The fraction of sp³-hybridized carbons (Fsp3) is 0.0500. The lowest BCUT2D eigenvalue weighted by Gasteiger charge is -2.10. The maximum absolute atomic E-state index is 12.5. The molecule has 0 spiro atoms. The summed E-state index contributed by atoms with van der Waals surface area (Å²) in [5, 5.41) is 0.307. The van der Waals surface area contributed by atoms with Gasteiger partial charge in [-0.25, -0.2) is 13.2 Å². The second-order valence-electron chi connectivity index (χ2n) is 5.82. The van der Waals surface area contributed by atoms with Crippen LogP contribution in [0.15, 0.2) is 77.7 Å². The van der Waals surface area contributed by atoms with Crippen molar-refractivity contribution in [2.24, 2.45) is 0 Å². The van der Waals surface area contributed by atoms with Gasteiger partial charge in [0, 0.05) is 5.69 Å². The zero-order chi connectivity index (χ0) is 19.4. The van der Waals surface area contributed by atoms with Gasteiger partial charge in [0.05, 0.1) is 15.5 Å². The van der Waals surface area contributed by atoms with E-state index in [1.165, 1.54) is 24.3 Å². The molecule has 0 bridgehead atoms. The number of sulfonamides is 1. The summed E-state index contributed by atoms with van der Waals surface area (Å²) >= 11 is 5.98. The Morgan fingerprint density at radius 2 is 1.67 bits per heavy atom. The van der Waals surface area contributed by atoms with E-state index in [2.05, 4.69) is 4.72 Å². The van der Waals surface area contributed by atoms with Crippen molar-refractivity contribution in [1.29, 1.82) is 0 Å². The molecule has 0 saturated carbocycles. The van der Waals surface area contributed by atoms with Crippen molar-refractivity contribution in [3.8, 4) is 5.75 Å². The quantitative estimate of drug-likeness (QED) is 0.498. The highest BCUT2D eigenvalue weighted by Gasteiger charge is 2.16. The molecule has 0 fully saturated rings. The molecule has 0 aliphatic rings. The smallest absolute Gasteiger partial charge is 0.343 e. The van der Waals surface area contributed by atoms with Crippen molar-refractivity contribution in [1.82, 2.24) is 0 Å². The molecule has 0 atom stereocenters. The zero-order valence-electron chi connectivity index (χ0n) is 14.3. The highest BCUT2D eigenvalue weighted by Crippen LogP contribution is 2.25. The lowest BCUT2D eigenvalue weighted by molar-refractivity contribution is 0.0735. The predicted octanol–water partition coefficient (Wildman–Crippen LogP) is 4.67. The molecular formula is C20H16ClNO4S. The van der Waals surface area contributed by atoms with Gasteiger partial charge in [0.2, 0.25) is 0 Å². The molecule has 0 amide bonds. The Balaban J connectivity index is 1.80. The van der Waals surface area contributed by atoms with Gasteiger partial charge in [-0.2, -0.15) is 0 Å². The Morgan fingerprint density at radius 3 is 2.37 bits per heavy atom. The average molecular weight is 402 g/mol. The number of aryl methyl sites for hydroxylation is 1. The fourth-order valence-corrected chi connectivity index (χ4v) is 3.55. The number of nitrogens with one attached hydrogen (secondary N) is 1. The third-order valence-corrected chi connectivity index (χ3v) is 5.43. The number of esters is 1. The summed E-state index contributed by atoms with van der Waals surface area (Å²) in [6.45, 7) is 1.87. The number of hydrogen-bond donors (Lipinski definition) is 1. The van der Waals surface area contributed by atoms with E-state index >= 15 is 0 Å². The van der Waals surface area contributed by atoms with Gasteiger partial charge < -0.3 is 4.74 Å². The summed E-state index contributed by atoms with van der Waals surface area (Å²) in [5.41, 5.74) is 1.40. The maximum atomic E-state index is 12.5. The van der Waals surface area contributed by atoms with Crippen molar-refractivity contribution >= 4 is 33.3 Å². The van der Waals surface area contributed by atoms with Gasteiger partial charge in [-0.05, 0) is 49.4 Å². The van der Waals surface area contributed by atoms with Crippen LogP contribution in [0.25, 0.3) is 0 Å². The van der Waals surface area contributed by atoms with Crippen LogP contribution in [0.4, 0.5) is 5.69 Å². The maximum Gasteiger partial charge on any atom is 0.343 e. The molecule has 0 aromatic heterocycles. The Morgan fingerprint density at radius 1 is 0.963 bits per heavy atom. The fourth-order valence-electron chi connectivity index (χ4n) is 2.33. The number of rotatable bonds is 5. The van der Waals surface area contributed by atoms with Crippen molar-refractivity contribution < 1.29 is 17.9 Å². The van der Waals surface area contributed by atoms with Crippen molar-refractivity contribution in [2.45, 2.75) is 11.8 Å². The molecule has 3 aromatic carbocycles. The normalized spacial score (nSPS) is 11.0. The number of anilines is 1. The molecule has 0 heterocycles. The first-order valence-electron chi connectivity index (χ1n) is 8.01. The third kappa shape index (κ3) is 4.67. The second kappa shape index (κ2) is 7.82. The van der Waals surface area contributed by atoms with Gasteiger partial charge in [0.1, 0.15) is 5.75 Å². The molecule has 0 saturated heterocycles. The van der Waals surface area contributed by atoms with Crippen LogP contribution in [0.2, 0.25) is 5.02 Å². The number of halogens is 1. The molecule has 27 heavy (non-hydrogen) atoms. The van der Waals surface area contributed by atoms with E-state index in [1.807, 2.05) is 6.92 Å². The molecule has 138 valence electrons. The third-order valence-electron chi connectivity index (χ3n) is 3.72. The summed E-state index contributed by atoms with van der Waals surface area (Å²) in [4.78, 5) is 12.5. The lowest BCUT2D eigenvalue weighted by Crippen LogP contribution is -2.14. The Kier molecular flexibility index (Phi) is 5.48. The van der Waals surface area contributed by atoms with E-state index in [0.29, 0.717) is 5.02 Å². The largest absolute Gasteiger partial charge is 0.421 e. The standard InChI is InChI=1S/C20H16ClNO4S/c1-14-9-11-17(12-10-14)27(24,25)22-16-6-4-5-15(13-16)20(23)26-19-8-3-2-7-18(19)21/h2-13,22H,1H3. The first-order chi connectivity index (χ1) is 12.8. The van der Waals surface area contributed by atoms with Gasteiger partial charge in [0.25, 0.3) is 10.0 Å². The first kappa shape index (κ1) is 18.9. The van der Waals surface area contributed by atoms with Crippen LogP contribution in [0, 0.1) is 6.92 Å². The van der Waals surface area contributed by atoms with E-state index in [0.717, 1.165) is 5.56 Å². The van der Waals surface area contributed by atoms with Gasteiger partial charge in [-0.15, -0.1) is 0 Å². The summed E-state index contributed by atoms with van der Waals surface area (Å²) < 4.78 is 32.7. The Bertz CT molecular complexity index is 1080. The molecule has 7 heteroatoms. The molecular weight excluding hydrogens is 386 g/mol. The molecule has 0 unspecified atom stereocenters. The van der Waals surface area contributed by atoms with Crippen LogP contribution in [0.5, 0.6) is 5.75 Å². The molecule has 3 rings (SSSR count). The van der Waals surface area contributed by atoms with E-state index in [1.54, 1.807) is 48.5 Å². The number of carbonyl (C=O) groups excluding carboxylic acids is 1. The van der Waals surface area contributed by atoms with Gasteiger partial charge >= 0.3 is 5.97 Å². The van der Waals surface area contributed by atoms with Gasteiger partial charge in [-0.1, -0.05) is 47.5 Å². The van der Waals surface area contributed by atoms with E-state index in [4.69, 9.17) is 16.3 Å². The molecule has 1 N–H and O–H groups in total. The van der Waals surface area contributed by atoms with Crippen molar-refractivity contribution in [3.63, 3.8) is 0 Å². The van der Waals surface area contributed by atoms with Crippen LogP contribution in [0.3, 0.4) is 0 Å². The van der Waals surface area contributed by atoms with Gasteiger partial charge in [-0.3, -0.25) is 4.72 Å². The van der Waals surface area contributed by atoms with Crippen LogP contribution < -0.4 is 9.46 Å². The highest BCUT2D eigenvalue weighted by molar-refractivity contribution is 7.92. The lowest BCUT2D eigenvalue weighted by atomic mass is 10.2. The highest BCUT2D eigenvalue weighted by atomic mass is 35.5. The number of para-hydroxylation sites is 1. The molecule has 3 aromatic rings. The van der Waals surface area contributed by atoms with E-state index in [-0.39, 0.29) is 21.9 Å². The summed E-state index contributed by atoms with van der Waals surface area (Å²) in [6.07, 6.45) is 0. The number of ether oxygens (including phenoxy) is 1. The molecule has 0 radical (unpaired) electrons. The first-order valence-corrected chi connectivity index (χ1v) is 9.87. The van der Waals surface area contributed by atoms with Crippen LogP contribution >= 0.6 is 11.6 Å². The minimum absolute atomic E-state index is 0.136. The van der Waals surface area contributed by atoms with Crippen molar-refractivity contribution in [2.75, 3.05) is 4.72 Å². The van der Waals surface area contributed by atoms with Crippen molar-refractivity contribution in [3.05, 3.63) is 88.9 Å². The monoisotopic (exact) mass is 401 g/mol. The molecule has 0 aliphatic heterocycles. The van der Waals surface area contributed by atoms with Crippen LogP contribution in [-0.4, -0.2) is 14.4 Å². The summed E-state index contributed by atoms with van der Waals surface area (Å²) in [7, 11) is -3.76. The second-order valence-corrected chi connectivity index (χ2v) is 7.91. The minimum atomic E-state index is -3.76. The van der Waals surface area contributed by atoms with Crippen LogP contribution in [-0.2, 0) is 10.0 Å². The van der Waals surface area contributed by atoms with E-state index in [9.17, 15) is 13.2 Å². The predicted molar refractivity (Wildman–Crippen MR) is 105 cm³/mol. The molecule has 0 aliphatic carbocycles. The average Bonchev–Trinajstić information content (AvgIpc) is 2.64. The number of carbonyl (C=O) groups is 1. The summed E-state index contributed by atoms with van der Waals surface area (Å²) in [5.74, 6) is -0.408. The van der Waals surface area contributed by atoms with E-state index < -0.39 is 16.0 Å². The van der Waals surface area contributed by atoms with Gasteiger partial charge in [0.15, 0.2) is 0 Å². The minimum Gasteiger partial charge on any atom is -0.421 e. The molecule has 5 nitrogen and oxygen atoms in total. The SMILES string of the molecule is Cc1ccc(S(=O)(=O)Nc2cccc(C(=O)Oc3ccccc3Cl)c2)cc1. The zero-order valence-corrected chi connectivity index (χ0v) is 15.9. The van der Waals surface area contributed by atoms with Crippen LogP contribution in [0.1, 0.15) is 15.9 Å². The Labute approximate surface area is 162 Å². The number of benzene rings is 3.